The summed E-state index contributed by atoms with van der Waals surface area (Å²) in [6.45, 7) is 0. The van der Waals surface area contributed by atoms with Gasteiger partial charge in [-0.3, -0.25) is 14.6 Å². The SMILES string of the molecule is COc1ccc2c(c1)=C/C(=C\c1sc(=O)[nH]c1Nc1cccc(Br)c1)C(=O)N=2. The van der Waals surface area contributed by atoms with Crippen molar-refractivity contribution in [1.29, 1.82) is 0 Å². The first-order valence-electron chi connectivity index (χ1n) is 8.28. The molecule has 140 valence electrons. The largest absolute Gasteiger partial charge is 0.497 e. The number of nitrogens with zero attached hydrogens (tertiary/aromatic N) is 1. The van der Waals surface area contributed by atoms with Crippen LogP contribution in [0, 0.1) is 0 Å². The van der Waals surface area contributed by atoms with Gasteiger partial charge >= 0.3 is 4.87 Å². The zero-order valence-electron chi connectivity index (χ0n) is 14.7. The molecule has 1 aliphatic rings. The van der Waals surface area contributed by atoms with Gasteiger partial charge in [-0.15, -0.1) is 0 Å². The Hall–Kier alpha value is -2.97. The van der Waals surface area contributed by atoms with Crippen LogP contribution in [0.3, 0.4) is 0 Å². The van der Waals surface area contributed by atoms with Gasteiger partial charge in [0.1, 0.15) is 11.6 Å². The van der Waals surface area contributed by atoms with Gasteiger partial charge in [0.05, 0.1) is 17.3 Å². The van der Waals surface area contributed by atoms with Crippen LogP contribution in [0.1, 0.15) is 4.88 Å². The first-order chi connectivity index (χ1) is 13.5. The number of H-pyrrole nitrogens is 1. The average molecular weight is 456 g/mol. The third-order valence-corrected chi connectivity index (χ3v) is 5.39. The van der Waals surface area contributed by atoms with Crippen LogP contribution in [-0.2, 0) is 4.79 Å². The number of anilines is 2. The van der Waals surface area contributed by atoms with E-state index in [9.17, 15) is 9.59 Å². The topological polar surface area (TPSA) is 83.5 Å². The third kappa shape index (κ3) is 3.83. The summed E-state index contributed by atoms with van der Waals surface area (Å²) >= 11 is 4.44. The number of benzene rings is 2. The predicted octanol–water partition coefficient (Wildman–Crippen LogP) is 2.98. The Morgan fingerprint density at radius 2 is 2.07 bits per heavy atom. The lowest BCUT2D eigenvalue weighted by atomic mass is 10.1. The van der Waals surface area contributed by atoms with Gasteiger partial charge in [0.25, 0.3) is 5.91 Å². The second-order valence-corrected chi connectivity index (χ2v) is 7.91. The fourth-order valence-corrected chi connectivity index (χ4v) is 3.91. The number of fused-ring (bicyclic) bond motifs is 1. The van der Waals surface area contributed by atoms with E-state index in [0.717, 1.165) is 26.7 Å². The number of carbonyl (C=O) groups excluding carboxylic acids is 1. The lowest BCUT2D eigenvalue weighted by Gasteiger charge is -2.07. The smallest absolute Gasteiger partial charge is 0.306 e. The Labute approximate surface area is 172 Å². The Kier molecular flexibility index (Phi) is 4.97. The molecular weight excluding hydrogens is 442 g/mol. The molecule has 4 rings (SSSR count). The molecule has 2 aromatic carbocycles. The molecule has 6 nitrogen and oxygen atoms in total. The Morgan fingerprint density at radius 1 is 1.21 bits per heavy atom. The number of aromatic nitrogens is 1. The maximum Gasteiger partial charge on any atom is 0.306 e. The van der Waals surface area contributed by atoms with Gasteiger partial charge in [-0.05, 0) is 48.6 Å². The van der Waals surface area contributed by atoms with Crippen molar-refractivity contribution >= 4 is 56.8 Å². The highest BCUT2D eigenvalue weighted by atomic mass is 79.9. The summed E-state index contributed by atoms with van der Waals surface area (Å²) in [4.78, 5) is 31.6. The molecule has 0 radical (unpaired) electrons. The normalized spacial score (nSPS) is 14.2. The van der Waals surface area contributed by atoms with E-state index in [1.165, 1.54) is 0 Å². The van der Waals surface area contributed by atoms with Crippen LogP contribution in [0.2, 0.25) is 0 Å². The van der Waals surface area contributed by atoms with Gasteiger partial charge in [-0.1, -0.05) is 33.3 Å². The van der Waals surface area contributed by atoms with Crippen LogP contribution in [0.25, 0.3) is 12.2 Å². The predicted molar refractivity (Wildman–Crippen MR) is 114 cm³/mol. The Morgan fingerprint density at radius 3 is 2.86 bits per heavy atom. The van der Waals surface area contributed by atoms with Gasteiger partial charge in [-0.25, -0.2) is 4.99 Å². The fourth-order valence-electron chi connectivity index (χ4n) is 2.77. The number of nitrogens with one attached hydrogen (secondary N) is 2. The zero-order valence-corrected chi connectivity index (χ0v) is 17.1. The van der Waals surface area contributed by atoms with E-state index in [4.69, 9.17) is 4.74 Å². The van der Waals surface area contributed by atoms with E-state index in [1.807, 2.05) is 30.3 Å². The van der Waals surface area contributed by atoms with Crippen molar-refractivity contribution in [2.24, 2.45) is 4.99 Å². The second kappa shape index (κ2) is 7.57. The molecular formula is C20H14BrN3O3S. The summed E-state index contributed by atoms with van der Waals surface area (Å²) in [6, 6.07) is 12.9. The summed E-state index contributed by atoms with van der Waals surface area (Å²) in [7, 11) is 1.58. The van der Waals surface area contributed by atoms with Crippen molar-refractivity contribution < 1.29 is 9.53 Å². The molecule has 0 aliphatic carbocycles. The molecule has 0 spiro atoms. The number of methoxy groups -OCH3 is 1. The van der Waals surface area contributed by atoms with E-state index in [2.05, 4.69) is 31.2 Å². The minimum absolute atomic E-state index is 0.216. The molecule has 8 heteroatoms. The van der Waals surface area contributed by atoms with Gasteiger partial charge in [0, 0.05) is 21.0 Å². The summed E-state index contributed by atoms with van der Waals surface area (Å²) in [5, 5.41) is 4.56. The van der Waals surface area contributed by atoms with E-state index < -0.39 is 0 Å². The Balaban J connectivity index is 1.75. The second-order valence-electron chi connectivity index (χ2n) is 5.97. The molecule has 0 unspecified atom stereocenters. The number of ether oxygens (including phenoxy) is 1. The number of carbonyl (C=O) groups is 1. The molecule has 0 bridgehead atoms. The summed E-state index contributed by atoms with van der Waals surface area (Å²) < 4.78 is 6.15. The lowest BCUT2D eigenvalue weighted by Crippen LogP contribution is -2.30. The zero-order chi connectivity index (χ0) is 19.7. The molecule has 1 amide bonds. The highest BCUT2D eigenvalue weighted by Crippen LogP contribution is 2.25. The van der Waals surface area contributed by atoms with Gasteiger partial charge in [0.2, 0.25) is 0 Å². The number of hydrogen-bond acceptors (Lipinski definition) is 5. The lowest BCUT2D eigenvalue weighted by molar-refractivity contribution is -0.114. The number of aromatic amines is 1. The fraction of sp³-hybridized carbons (Fsp3) is 0.0500. The minimum atomic E-state index is -0.355. The number of amides is 1. The van der Waals surface area contributed by atoms with Gasteiger partial charge in [0.15, 0.2) is 0 Å². The van der Waals surface area contributed by atoms with Crippen LogP contribution in [0.4, 0.5) is 11.5 Å². The molecule has 1 aromatic heterocycles. The minimum Gasteiger partial charge on any atom is -0.497 e. The van der Waals surface area contributed by atoms with Crippen LogP contribution in [-0.4, -0.2) is 18.0 Å². The van der Waals surface area contributed by atoms with Crippen LogP contribution < -0.4 is 25.5 Å². The standard InChI is InChI=1S/C20H14BrN3O3S/c1-27-15-5-6-16-11(8-15)7-12(19(25)23-16)9-17-18(24-20(26)28-17)22-14-4-2-3-13(21)10-14/h2-10,22H,1H3,(H,24,26)/b12-9+. The average Bonchev–Trinajstić information content (AvgIpc) is 3.01. The van der Waals surface area contributed by atoms with Crippen molar-refractivity contribution in [1.82, 2.24) is 4.98 Å². The summed E-state index contributed by atoms with van der Waals surface area (Å²) in [5.74, 6) is 0.854. The van der Waals surface area contributed by atoms with Crippen LogP contribution in [0.5, 0.6) is 5.75 Å². The third-order valence-electron chi connectivity index (χ3n) is 4.07. The number of halogens is 1. The molecule has 2 heterocycles. The van der Waals surface area contributed by atoms with E-state index in [0.29, 0.717) is 27.4 Å². The van der Waals surface area contributed by atoms with E-state index in [1.54, 1.807) is 31.4 Å². The molecule has 0 atom stereocenters. The van der Waals surface area contributed by atoms with Gasteiger partial charge in [-0.2, -0.15) is 0 Å². The highest BCUT2D eigenvalue weighted by Gasteiger charge is 2.14. The first-order valence-corrected chi connectivity index (χ1v) is 9.89. The monoisotopic (exact) mass is 455 g/mol. The molecule has 3 aromatic rings. The number of thiazole rings is 1. The molecule has 2 N–H and O–H groups in total. The highest BCUT2D eigenvalue weighted by molar-refractivity contribution is 9.10. The van der Waals surface area contributed by atoms with Crippen molar-refractivity contribution in [3.63, 3.8) is 0 Å². The van der Waals surface area contributed by atoms with E-state index >= 15 is 0 Å². The van der Waals surface area contributed by atoms with Crippen molar-refractivity contribution in [3.8, 4) is 5.75 Å². The molecule has 28 heavy (non-hydrogen) atoms. The van der Waals surface area contributed by atoms with Crippen molar-refractivity contribution in [2.45, 2.75) is 0 Å². The van der Waals surface area contributed by atoms with Crippen LogP contribution in [0.15, 0.2) is 62.3 Å². The summed E-state index contributed by atoms with van der Waals surface area (Å²) in [6.07, 6.45) is 3.41. The molecule has 0 saturated carbocycles. The quantitative estimate of drug-likeness (QED) is 0.592. The maximum atomic E-state index is 12.4. The molecule has 1 aliphatic heterocycles. The number of hydrogen-bond donors (Lipinski definition) is 2. The molecule has 0 fully saturated rings. The number of rotatable bonds is 4. The van der Waals surface area contributed by atoms with Crippen molar-refractivity contribution in [2.75, 3.05) is 12.4 Å². The van der Waals surface area contributed by atoms with Gasteiger partial charge < -0.3 is 10.1 Å². The van der Waals surface area contributed by atoms with E-state index in [-0.39, 0.29) is 10.8 Å². The van der Waals surface area contributed by atoms with Crippen molar-refractivity contribution in [3.05, 3.63) is 77.6 Å². The van der Waals surface area contributed by atoms with Crippen LogP contribution >= 0.6 is 27.3 Å². The Bertz CT molecular complexity index is 1290. The first kappa shape index (κ1) is 18.4. The maximum absolute atomic E-state index is 12.4. The summed E-state index contributed by atoms with van der Waals surface area (Å²) in [5.41, 5.74) is 1.20. The molecule has 0 saturated heterocycles.